The summed E-state index contributed by atoms with van der Waals surface area (Å²) < 4.78 is 5.45. The van der Waals surface area contributed by atoms with Crippen molar-refractivity contribution in [1.29, 1.82) is 5.26 Å². The zero-order valence-electron chi connectivity index (χ0n) is 10.1. The lowest BCUT2D eigenvalue weighted by atomic mass is 10.1. The van der Waals surface area contributed by atoms with E-state index >= 15 is 0 Å². The van der Waals surface area contributed by atoms with E-state index in [1.807, 2.05) is 13.0 Å². The third-order valence-corrected chi connectivity index (χ3v) is 2.86. The number of nitriles is 1. The third-order valence-electron chi connectivity index (χ3n) is 2.86. The number of hydrogen-bond acceptors (Lipinski definition) is 3. The maximum absolute atomic E-state index is 11.7. The lowest BCUT2D eigenvalue weighted by Gasteiger charge is -2.19. The molecule has 1 saturated carbocycles. The van der Waals surface area contributed by atoms with Gasteiger partial charge in [0, 0.05) is 20.2 Å². The molecule has 4 nitrogen and oxygen atoms in total. The Balaban J connectivity index is 2.14. The van der Waals surface area contributed by atoms with Crippen molar-refractivity contribution < 1.29 is 9.53 Å². The van der Waals surface area contributed by atoms with Gasteiger partial charge < -0.3 is 9.64 Å². The molecule has 0 aromatic heterocycles. The largest absolute Gasteiger partial charge is 0.379 e. The molecular formula is C12H20N2O2. The van der Waals surface area contributed by atoms with E-state index in [-0.39, 0.29) is 5.91 Å². The molecule has 0 heterocycles. The first-order valence-electron chi connectivity index (χ1n) is 5.91. The molecule has 0 saturated heterocycles. The fourth-order valence-electron chi connectivity index (χ4n) is 1.43. The summed E-state index contributed by atoms with van der Waals surface area (Å²) >= 11 is 0. The molecule has 1 atom stereocenters. The molecule has 0 aliphatic heterocycles. The molecule has 0 bridgehead atoms. The van der Waals surface area contributed by atoms with Crippen LogP contribution >= 0.6 is 0 Å². The molecule has 1 rings (SSSR count). The molecule has 0 radical (unpaired) electrons. The van der Waals surface area contributed by atoms with E-state index in [9.17, 15) is 4.79 Å². The maximum atomic E-state index is 11.7. The average molecular weight is 224 g/mol. The molecule has 1 fully saturated rings. The van der Waals surface area contributed by atoms with E-state index < -0.39 is 5.92 Å². The summed E-state index contributed by atoms with van der Waals surface area (Å²) in [5.41, 5.74) is 0. The Morgan fingerprint density at radius 2 is 2.31 bits per heavy atom. The van der Waals surface area contributed by atoms with Gasteiger partial charge in [-0.15, -0.1) is 0 Å². The van der Waals surface area contributed by atoms with Crippen LogP contribution < -0.4 is 0 Å². The lowest BCUT2D eigenvalue weighted by molar-refractivity contribution is -0.133. The first kappa shape index (κ1) is 13.0. The Bertz CT molecular complexity index is 269. The van der Waals surface area contributed by atoms with Gasteiger partial charge in [-0.25, -0.2) is 0 Å². The van der Waals surface area contributed by atoms with Crippen LogP contribution in [0.1, 0.15) is 26.2 Å². The van der Waals surface area contributed by atoms with Crippen molar-refractivity contribution in [2.24, 2.45) is 11.8 Å². The van der Waals surface area contributed by atoms with Gasteiger partial charge in [-0.2, -0.15) is 5.26 Å². The highest BCUT2D eigenvalue weighted by Gasteiger charge is 2.22. The Kier molecular flexibility index (Phi) is 5.27. The van der Waals surface area contributed by atoms with Crippen molar-refractivity contribution in [1.82, 2.24) is 4.90 Å². The van der Waals surface area contributed by atoms with Crippen molar-refractivity contribution in [3.8, 4) is 6.07 Å². The second-order valence-electron chi connectivity index (χ2n) is 4.37. The standard InChI is InChI=1S/C12H20N2O2/c1-3-11(8-13)12(15)14(2)6-7-16-9-10-4-5-10/h10-11H,3-7,9H2,1-2H3. The van der Waals surface area contributed by atoms with Crippen molar-refractivity contribution in [2.75, 3.05) is 26.8 Å². The van der Waals surface area contributed by atoms with E-state index in [0.717, 1.165) is 12.5 Å². The van der Waals surface area contributed by atoms with E-state index in [0.29, 0.717) is 19.6 Å². The minimum Gasteiger partial charge on any atom is -0.379 e. The topological polar surface area (TPSA) is 53.3 Å². The molecule has 0 aromatic rings. The monoisotopic (exact) mass is 224 g/mol. The average Bonchev–Trinajstić information content (AvgIpc) is 3.09. The van der Waals surface area contributed by atoms with Crippen LogP contribution in [0.25, 0.3) is 0 Å². The van der Waals surface area contributed by atoms with Gasteiger partial charge >= 0.3 is 0 Å². The van der Waals surface area contributed by atoms with Gasteiger partial charge in [-0.1, -0.05) is 6.92 Å². The van der Waals surface area contributed by atoms with Gasteiger partial charge in [0.05, 0.1) is 12.7 Å². The Morgan fingerprint density at radius 3 is 2.81 bits per heavy atom. The van der Waals surface area contributed by atoms with Crippen molar-refractivity contribution >= 4 is 5.91 Å². The summed E-state index contributed by atoms with van der Waals surface area (Å²) in [7, 11) is 1.73. The number of carbonyl (C=O) groups is 1. The van der Waals surface area contributed by atoms with Gasteiger partial charge in [-0.3, -0.25) is 4.79 Å². The summed E-state index contributed by atoms with van der Waals surface area (Å²) in [5.74, 6) is 0.150. The zero-order valence-corrected chi connectivity index (χ0v) is 10.1. The molecular weight excluding hydrogens is 204 g/mol. The van der Waals surface area contributed by atoms with Crippen LogP contribution in [0.15, 0.2) is 0 Å². The quantitative estimate of drug-likeness (QED) is 0.614. The summed E-state index contributed by atoms with van der Waals surface area (Å²) in [6, 6.07) is 2.02. The normalized spacial score (nSPS) is 16.6. The second-order valence-corrected chi connectivity index (χ2v) is 4.37. The third kappa shape index (κ3) is 4.19. The Hall–Kier alpha value is -1.08. The van der Waals surface area contributed by atoms with Gasteiger partial charge in [0.2, 0.25) is 5.91 Å². The zero-order chi connectivity index (χ0) is 12.0. The van der Waals surface area contributed by atoms with Crippen LogP contribution in [-0.4, -0.2) is 37.6 Å². The minimum absolute atomic E-state index is 0.0972. The van der Waals surface area contributed by atoms with Gasteiger partial charge in [0.25, 0.3) is 0 Å². The molecule has 1 aliphatic rings. The summed E-state index contributed by atoms with van der Waals surface area (Å²) in [4.78, 5) is 13.3. The molecule has 1 unspecified atom stereocenters. The van der Waals surface area contributed by atoms with Crippen LogP contribution in [0.5, 0.6) is 0 Å². The molecule has 0 aromatic carbocycles. The predicted octanol–water partition coefficient (Wildman–Crippen LogP) is 1.42. The molecule has 4 heteroatoms. The van der Waals surface area contributed by atoms with E-state index in [4.69, 9.17) is 10.00 Å². The Labute approximate surface area is 97.2 Å². The van der Waals surface area contributed by atoms with Gasteiger partial charge in [0.15, 0.2) is 0 Å². The predicted molar refractivity (Wildman–Crippen MR) is 60.6 cm³/mol. The number of ether oxygens (including phenoxy) is 1. The van der Waals surface area contributed by atoms with Gasteiger partial charge in [-0.05, 0) is 25.2 Å². The highest BCUT2D eigenvalue weighted by atomic mass is 16.5. The van der Waals surface area contributed by atoms with Crippen molar-refractivity contribution in [2.45, 2.75) is 26.2 Å². The van der Waals surface area contributed by atoms with Crippen LogP contribution in [-0.2, 0) is 9.53 Å². The lowest BCUT2D eigenvalue weighted by Crippen LogP contribution is -2.34. The highest BCUT2D eigenvalue weighted by Crippen LogP contribution is 2.28. The summed E-state index contributed by atoms with van der Waals surface area (Å²) in [5, 5.41) is 8.77. The number of hydrogen-bond donors (Lipinski definition) is 0. The maximum Gasteiger partial charge on any atom is 0.239 e. The molecule has 16 heavy (non-hydrogen) atoms. The molecule has 1 aliphatic carbocycles. The molecule has 90 valence electrons. The molecule has 0 N–H and O–H groups in total. The number of carbonyl (C=O) groups excluding carboxylic acids is 1. The fraction of sp³-hybridized carbons (Fsp3) is 0.833. The molecule has 0 spiro atoms. The summed E-state index contributed by atoms with van der Waals surface area (Å²) in [6.07, 6.45) is 3.13. The first-order valence-corrected chi connectivity index (χ1v) is 5.91. The van der Waals surface area contributed by atoms with Crippen molar-refractivity contribution in [3.05, 3.63) is 0 Å². The second kappa shape index (κ2) is 6.49. The van der Waals surface area contributed by atoms with Gasteiger partial charge in [0.1, 0.15) is 5.92 Å². The SMILES string of the molecule is CCC(C#N)C(=O)N(C)CCOCC1CC1. The van der Waals surface area contributed by atoms with E-state index in [2.05, 4.69) is 0 Å². The smallest absolute Gasteiger partial charge is 0.239 e. The van der Waals surface area contributed by atoms with Crippen LogP contribution in [0.4, 0.5) is 0 Å². The van der Waals surface area contributed by atoms with Crippen LogP contribution in [0.2, 0.25) is 0 Å². The molecule has 1 amide bonds. The highest BCUT2D eigenvalue weighted by molar-refractivity contribution is 5.80. The van der Waals surface area contributed by atoms with E-state index in [1.54, 1.807) is 11.9 Å². The van der Waals surface area contributed by atoms with Crippen LogP contribution in [0.3, 0.4) is 0 Å². The van der Waals surface area contributed by atoms with Crippen LogP contribution in [0, 0.1) is 23.2 Å². The number of amides is 1. The summed E-state index contributed by atoms with van der Waals surface area (Å²) in [6.45, 7) is 3.81. The minimum atomic E-state index is -0.506. The number of rotatable bonds is 7. The van der Waals surface area contributed by atoms with Crippen molar-refractivity contribution in [3.63, 3.8) is 0 Å². The number of likely N-dealkylation sites (N-methyl/N-ethyl adjacent to an activating group) is 1. The van der Waals surface area contributed by atoms with E-state index in [1.165, 1.54) is 12.8 Å². The number of nitrogens with zero attached hydrogens (tertiary/aromatic N) is 2. The first-order chi connectivity index (χ1) is 7.69. The Morgan fingerprint density at radius 1 is 1.62 bits per heavy atom. The fourth-order valence-corrected chi connectivity index (χ4v) is 1.43.